The van der Waals surface area contributed by atoms with Crippen molar-refractivity contribution in [2.75, 3.05) is 0 Å². The maximum atomic E-state index is 11.8. The molecule has 5 heteroatoms. The van der Waals surface area contributed by atoms with Gasteiger partial charge in [-0.3, -0.25) is 4.79 Å². The monoisotopic (exact) mass is 306 g/mol. The Labute approximate surface area is 113 Å². The van der Waals surface area contributed by atoms with Crippen LogP contribution in [0.2, 0.25) is 0 Å². The van der Waals surface area contributed by atoms with Crippen LogP contribution >= 0.6 is 15.9 Å². The predicted molar refractivity (Wildman–Crippen MR) is 72.5 cm³/mol. The Morgan fingerprint density at radius 2 is 2.17 bits per heavy atom. The van der Waals surface area contributed by atoms with Crippen LogP contribution in [0.15, 0.2) is 56.7 Å². The second kappa shape index (κ2) is 5.64. The highest BCUT2D eigenvalue weighted by molar-refractivity contribution is 9.10. The molecule has 1 aromatic heterocycles. The Bertz CT molecular complexity index is 576. The molecule has 1 amide bonds. The van der Waals surface area contributed by atoms with E-state index in [0.717, 1.165) is 4.47 Å². The average molecular weight is 307 g/mol. The lowest BCUT2D eigenvalue weighted by molar-refractivity contribution is 0.0954. The summed E-state index contributed by atoms with van der Waals surface area (Å²) in [6, 6.07) is 10.6. The first-order valence-corrected chi connectivity index (χ1v) is 6.10. The van der Waals surface area contributed by atoms with Gasteiger partial charge in [-0.25, -0.2) is 5.43 Å². The summed E-state index contributed by atoms with van der Waals surface area (Å²) in [6.45, 7) is 1.76. The predicted octanol–water partition coefficient (Wildman–Crippen LogP) is 3.20. The standard InChI is InChI=1S/C13H11BrN2O2/c1-9(12-6-3-7-18-12)15-16-13(17)10-4-2-5-11(14)8-10/h2-8H,1H3,(H,16,17)/b15-9-. The molecule has 1 N–H and O–H groups in total. The van der Waals surface area contributed by atoms with Crippen LogP contribution in [0.4, 0.5) is 0 Å². The fourth-order valence-corrected chi connectivity index (χ4v) is 1.77. The van der Waals surface area contributed by atoms with Gasteiger partial charge in [0.05, 0.1) is 6.26 Å². The van der Waals surface area contributed by atoms with Gasteiger partial charge in [0.15, 0.2) is 0 Å². The van der Waals surface area contributed by atoms with Crippen molar-refractivity contribution in [2.24, 2.45) is 5.10 Å². The normalized spacial score (nSPS) is 11.3. The number of hydrogen-bond donors (Lipinski definition) is 1. The number of hydrazone groups is 1. The first kappa shape index (κ1) is 12.6. The first-order chi connectivity index (χ1) is 8.66. The minimum Gasteiger partial charge on any atom is -0.463 e. The van der Waals surface area contributed by atoms with Gasteiger partial charge in [-0.05, 0) is 37.3 Å². The molecule has 0 spiro atoms. The highest BCUT2D eigenvalue weighted by atomic mass is 79.9. The van der Waals surface area contributed by atoms with Crippen molar-refractivity contribution < 1.29 is 9.21 Å². The molecule has 0 aliphatic rings. The molecule has 1 heterocycles. The van der Waals surface area contributed by atoms with Crippen molar-refractivity contribution in [1.29, 1.82) is 0 Å². The van der Waals surface area contributed by atoms with Gasteiger partial charge in [0.1, 0.15) is 11.5 Å². The zero-order chi connectivity index (χ0) is 13.0. The zero-order valence-corrected chi connectivity index (χ0v) is 11.3. The molecule has 0 aliphatic heterocycles. The van der Waals surface area contributed by atoms with Crippen LogP contribution in [0.5, 0.6) is 0 Å². The number of nitrogens with one attached hydrogen (secondary N) is 1. The molecule has 92 valence electrons. The highest BCUT2D eigenvalue weighted by Crippen LogP contribution is 2.11. The Morgan fingerprint density at radius 3 is 2.83 bits per heavy atom. The van der Waals surface area contributed by atoms with E-state index < -0.39 is 0 Å². The molecule has 0 saturated carbocycles. The van der Waals surface area contributed by atoms with Gasteiger partial charge >= 0.3 is 0 Å². The summed E-state index contributed by atoms with van der Waals surface area (Å²) >= 11 is 3.31. The smallest absolute Gasteiger partial charge is 0.271 e. The van der Waals surface area contributed by atoms with E-state index in [0.29, 0.717) is 17.0 Å². The number of benzene rings is 1. The molecule has 2 rings (SSSR count). The summed E-state index contributed by atoms with van der Waals surface area (Å²) in [5.41, 5.74) is 3.64. The quantitative estimate of drug-likeness (QED) is 0.699. The third-order valence-corrected chi connectivity index (χ3v) is 2.78. The lowest BCUT2D eigenvalue weighted by atomic mass is 10.2. The molecule has 0 unspecified atom stereocenters. The zero-order valence-electron chi connectivity index (χ0n) is 9.68. The van der Waals surface area contributed by atoms with Gasteiger partial charge in [0.2, 0.25) is 0 Å². The summed E-state index contributed by atoms with van der Waals surface area (Å²) in [4.78, 5) is 11.8. The Kier molecular flexibility index (Phi) is 3.94. The van der Waals surface area contributed by atoms with Crippen LogP contribution in [-0.2, 0) is 0 Å². The number of amides is 1. The first-order valence-electron chi connectivity index (χ1n) is 5.31. The minimum absolute atomic E-state index is 0.262. The number of carbonyl (C=O) groups is 1. The molecular formula is C13H11BrN2O2. The molecule has 18 heavy (non-hydrogen) atoms. The number of furan rings is 1. The van der Waals surface area contributed by atoms with Crippen LogP contribution < -0.4 is 5.43 Å². The van der Waals surface area contributed by atoms with Crippen molar-refractivity contribution in [3.8, 4) is 0 Å². The minimum atomic E-state index is -0.262. The average Bonchev–Trinajstić information content (AvgIpc) is 2.89. The molecule has 2 aromatic rings. The molecule has 0 atom stereocenters. The number of hydrogen-bond acceptors (Lipinski definition) is 3. The number of nitrogens with zero attached hydrogens (tertiary/aromatic N) is 1. The largest absolute Gasteiger partial charge is 0.463 e. The summed E-state index contributed by atoms with van der Waals surface area (Å²) in [5.74, 6) is 0.367. The molecule has 0 bridgehead atoms. The Balaban J connectivity index is 2.07. The van der Waals surface area contributed by atoms with E-state index in [2.05, 4.69) is 26.5 Å². The van der Waals surface area contributed by atoms with Crippen LogP contribution in [-0.4, -0.2) is 11.6 Å². The third kappa shape index (κ3) is 3.07. The second-order valence-corrected chi connectivity index (χ2v) is 4.54. The maximum Gasteiger partial charge on any atom is 0.271 e. The topological polar surface area (TPSA) is 54.6 Å². The van der Waals surface area contributed by atoms with Gasteiger partial charge in [-0.15, -0.1) is 0 Å². The van der Waals surface area contributed by atoms with Crippen molar-refractivity contribution >= 4 is 27.5 Å². The summed E-state index contributed by atoms with van der Waals surface area (Å²) in [7, 11) is 0. The van der Waals surface area contributed by atoms with Crippen LogP contribution in [0.3, 0.4) is 0 Å². The van der Waals surface area contributed by atoms with Crippen molar-refractivity contribution in [1.82, 2.24) is 5.43 Å². The second-order valence-electron chi connectivity index (χ2n) is 3.63. The van der Waals surface area contributed by atoms with E-state index in [1.807, 2.05) is 6.07 Å². The SMILES string of the molecule is C/C(=N/NC(=O)c1cccc(Br)c1)c1ccco1. The Hall–Kier alpha value is -1.88. The van der Waals surface area contributed by atoms with Gasteiger partial charge < -0.3 is 4.42 Å². The summed E-state index contributed by atoms with van der Waals surface area (Å²) in [6.07, 6.45) is 1.56. The third-order valence-electron chi connectivity index (χ3n) is 2.29. The van der Waals surface area contributed by atoms with Crippen LogP contribution in [0.1, 0.15) is 23.0 Å². The van der Waals surface area contributed by atoms with Gasteiger partial charge in [0, 0.05) is 10.0 Å². The number of rotatable bonds is 3. The summed E-state index contributed by atoms with van der Waals surface area (Å²) < 4.78 is 6.01. The molecule has 0 aliphatic carbocycles. The van der Waals surface area contributed by atoms with E-state index in [-0.39, 0.29) is 5.91 Å². The van der Waals surface area contributed by atoms with Crippen molar-refractivity contribution in [2.45, 2.75) is 6.92 Å². The molecule has 4 nitrogen and oxygen atoms in total. The van der Waals surface area contributed by atoms with Gasteiger partial charge in [0.25, 0.3) is 5.91 Å². The van der Waals surface area contributed by atoms with Crippen molar-refractivity contribution in [3.05, 3.63) is 58.5 Å². The highest BCUT2D eigenvalue weighted by Gasteiger charge is 2.05. The van der Waals surface area contributed by atoms with E-state index in [1.165, 1.54) is 0 Å². The van der Waals surface area contributed by atoms with E-state index in [9.17, 15) is 4.79 Å². The molecule has 0 fully saturated rings. The molecule has 0 saturated heterocycles. The summed E-state index contributed by atoms with van der Waals surface area (Å²) in [5, 5.41) is 3.98. The van der Waals surface area contributed by atoms with Gasteiger partial charge in [-0.2, -0.15) is 5.10 Å². The van der Waals surface area contributed by atoms with Crippen LogP contribution in [0.25, 0.3) is 0 Å². The van der Waals surface area contributed by atoms with Gasteiger partial charge in [-0.1, -0.05) is 22.0 Å². The fraction of sp³-hybridized carbons (Fsp3) is 0.0769. The lowest BCUT2D eigenvalue weighted by Crippen LogP contribution is -2.19. The lowest BCUT2D eigenvalue weighted by Gasteiger charge is -2.01. The maximum absolute atomic E-state index is 11.8. The Morgan fingerprint density at radius 1 is 1.33 bits per heavy atom. The fourth-order valence-electron chi connectivity index (χ4n) is 1.37. The molecule has 1 aromatic carbocycles. The number of carbonyl (C=O) groups excluding carboxylic acids is 1. The van der Waals surface area contributed by atoms with Crippen LogP contribution in [0, 0.1) is 0 Å². The van der Waals surface area contributed by atoms with E-state index >= 15 is 0 Å². The number of halogens is 1. The van der Waals surface area contributed by atoms with Crippen molar-refractivity contribution in [3.63, 3.8) is 0 Å². The molecule has 0 radical (unpaired) electrons. The van der Waals surface area contributed by atoms with E-state index in [4.69, 9.17) is 4.42 Å². The van der Waals surface area contributed by atoms with E-state index in [1.54, 1.807) is 43.5 Å². The molecular weight excluding hydrogens is 296 g/mol.